The molecule has 2 nitrogen and oxygen atoms in total. The Labute approximate surface area is 83.1 Å². The molecule has 0 atom stereocenters. The summed E-state index contributed by atoms with van der Waals surface area (Å²) in [6.07, 6.45) is 1.78. The van der Waals surface area contributed by atoms with Gasteiger partial charge in [0.15, 0.2) is 0 Å². The van der Waals surface area contributed by atoms with E-state index in [-0.39, 0.29) is 5.56 Å². The fraction of sp³-hybridized carbons (Fsp3) is 0.0833. The smallest absolute Gasteiger partial charge is 0.257 e. The molecule has 0 aliphatic heterocycles. The Morgan fingerprint density at radius 3 is 2.57 bits per heavy atom. The van der Waals surface area contributed by atoms with Crippen molar-refractivity contribution in [1.29, 1.82) is 0 Å². The molecule has 0 saturated heterocycles. The third kappa shape index (κ3) is 1.74. The maximum atomic E-state index is 11.5. The highest BCUT2D eigenvalue weighted by Crippen LogP contribution is 1.99. The van der Waals surface area contributed by atoms with Gasteiger partial charge in [-0.25, -0.2) is 0 Å². The van der Waals surface area contributed by atoms with Crippen molar-refractivity contribution < 1.29 is 0 Å². The average Bonchev–Trinajstić information content (AvgIpc) is 2.27. The van der Waals surface area contributed by atoms with Crippen LogP contribution in [0.25, 0.3) is 5.52 Å². The summed E-state index contributed by atoms with van der Waals surface area (Å²) in [6, 6.07) is 9.48. The topological polar surface area (TPSA) is 21.5 Å². The van der Waals surface area contributed by atoms with E-state index in [4.69, 9.17) is 0 Å². The minimum absolute atomic E-state index is 0.0631. The molecule has 0 radical (unpaired) electrons. The number of hydrogen-bond donors (Lipinski definition) is 0. The van der Waals surface area contributed by atoms with Gasteiger partial charge >= 0.3 is 0 Å². The van der Waals surface area contributed by atoms with Gasteiger partial charge < -0.3 is 0 Å². The Kier molecular flexibility index (Phi) is 3.24. The van der Waals surface area contributed by atoms with E-state index in [9.17, 15) is 4.79 Å². The molecule has 0 fully saturated rings. The van der Waals surface area contributed by atoms with Gasteiger partial charge in [-0.1, -0.05) is 12.1 Å². The van der Waals surface area contributed by atoms with Crippen molar-refractivity contribution in [3.05, 3.63) is 65.6 Å². The molecule has 0 aromatic carbocycles. The van der Waals surface area contributed by atoms with Crippen LogP contribution in [0.15, 0.2) is 54.5 Å². The van der Waals surface area contributed by atoms with Gasteiger partial charge in [0, 0.05) is 17.3 Å². The van der Waals surface area contributed by atoms with E-state index in [0.717, 1.165) is 11.1 Å². The molecule has 14 heavy (non-hydrogen) atoms. The van der Waals surface area contributed by atoms with E-state index in [2.05, 4.69) is 13.2 Å². The highest BCUT2D eigenvalue weighted by molar-refractivity contribution is 5.46. The lowest BCUT2D eigenvalue weighted by Crippen LogP contribution is -2.14. The Hall–Kier alpha value is -1.83. The second kappa shape index (κ2) is 4.42. The summed E-state index contributed by atoms with van der Waals surface area (Å²) in [4.78, 5) is 11.5. The number of nitrogens with zero attached hydrogens (tertiary/aromatic N) is 1. The number of hydrogen-bond acceptors (Lipinski definition) is 1. The van der Waals surface area contributed by atoms with Crippen molar-refractivity contribution >= 4 is 5.52 Å². The molecule has 0 aliphatic rings. The second-order valence-corrected chi connectivity index (χ2v) is 2.82. The van der Waals surface area contributed by atoms with E-state index >= 15 is 0 Å². The predicted molar refractivity (Wildman–Crippen MR) is 59.7 cm³/mol. The zero-order valence-electron chi connectivity index (χ0n) is 8.23. The molecule has 2 heteroatoms. The first-order chi connectivity index (χ1) is 6.79. The molecular weight excluding hydrogens is 174 g/mol. The van der Waals surface area contributed by atoms with E-state index in [1.54, 1.807) is 10.6 Å². The van der Waals surface area contributed by atoms with E-state index in [1.165, 1.54) is 0 Å². The van der Waals surface area contributed by atoms with Gasteiger partial charge in [-0.05, 0) is 25.1 Å². The number of aromatic nitrogens is 1. The highest BCUT2D eigenvalue weighted by atomic mass is 16.1. The van der Waals surface area contributed by atoms with Crippen LogP contribution < -0.4 is 5.56 Å². The first-order valence-corrected chi connectivity index (χ1v) is 4.36. The van der Waals surface area contributed by atoms with Crippen molar-refractivity contribution in [2.45, 2.75) is 6.92 Å². The zero-order chi connectivity index (χ0) is 10.6. The molecule has 0 saturated carbocycles. The molecule has 0 unspecified atom stereocenters. The molecule has 2 rings (SSSR count). The lowest BCUT2D eigenvalue weighted by molar-refractivity contribution is 1.07. The monoisotopic (exact) mass is 187 g/mol. The number of aryl methyl sites for hydroxylation is 1. The maximum Gasteiger partial charge on any atom is 0.257 e. The number of pyridine rings is 2. The van der Waals surface area contributed by atoms with Crippen LogP contribution in [-0.2, 0) is 0 Å². The van der Waals surface area contributed by atoms with Crippen molar-refractivity contribution in [2.24, 2.45) is 0 Å². The second-order valence-electron chi connectivity index (χ2n) is 2.82. The first kappa shape index (κ1) is 10.3. The van der Waals surface area contributed by atoms with Crippen molar-refractivity contribution in [3.63, 3.8) is 0 Å². The Morgan fingerprint density at radius 2 is 1.86 bits per heavy atom. The largest absolute Gasteiger partial charge is 0.284 e. The van der Waals surface area contributed by atoms with Crippen molar-refractivity contribution in [3.8, 4) is 0 Å². The molecule has 0 N–H and O–H groups in total. The summed E-state index contributed by atoms with van der Waals surface area (Å²) in [5.41, 5.74) is 1.78. The van der Waals surface area contributed by atoms with Crippen LogP contribution >= 0.6 is 0 Å². The van der Waals surface area contributed by atoms with Gasteiger partial charge in [-0.2, -0.15) is 0 Å². The molecule has 72 valence electrons. The SMILES string of the molecule is C=C.Cc1ccc2ccccn2c1=O. The van der Waals surface area contributed by atoms with Gasteiger partial charge in [0.2, 0.25) is 0 Å². The van der Waals surface area contributed by atoms with Crippen LogP contribution in [0.4, 0.5) is 0 Å². The third-order valence-corrected chi connectivity index (χ3v) is 1.95. The molecule has 0 spiro atoms. The maximum absolute atomic E-state index is 11.5. The summed E-state index contributed by atoms with van der Waals surface area (Å²) in [5.74, 6) is 0. The molecule has 0 bridgehead atoms. The Bertz CT molecular complexity index is 485. The van der Waals surface area contributed by atoms with Crippen LogP contribution in [0.3, 0.4) is 0 Å². The van der Waals surface area contributed by atoms with E-state index in [0.29, 0.717) is 0 Å². The van der Waals surface area contributed by atoms with Crippen LogP contribution in [0.5, 0.6) is 0 Å². The Morgan fingerprint density at radius 1 is 1.14 bits per heavy atom. The van der Waals surface area contributed by atoms with Crippen LogP contribution in [0.2, 0.25) is 0 Å². The third-order valence-electron chi connectivity index (χ3n) is 1.95. The summed E-state index contributed by atoms with van der Waals surface area (Å²) in [6.45, 7) is 7.82. The number of rotatable bonds is 0. The van der Waals surface area contributed by atoms with Gasteiger partial charge in [0.25, 0.3) is 5.56 Å². The van der Waals surface area contributed by atoms with E-state index < -0.39 is 0 Å². The highest BCUT2D eigenvalue weighted by Gasteiger charge is 1.95. The summed E-state index contributed by atoms with van der Waals surface area (Å²) in [7, 11) is 0. The lowest BCUT2D eigenvalue weighted by Gasteiger charge is -1.99. The summed E-state index contributed by atoms with van der Waals surface area (Å²) in [5, 5.41) is 0. The summed E-state index contributed by atoms with van der Waals surface area (Å²) >= 11 is 0. The fourth-order valence-electron chi connectivity index (χ4n) is 1.25. The predicted octanol–water partition coefficient (Wildman–Crippen LogP) is 2.41. The van der Waals surface area contributed by atoms with Crippen molar-refractivity contribution in [1.82, 2.24) is 4.40 Å². The van der Waals surface area contributed by atoms with Crippen molar-refractivity contribution in [2.75, 3.05) is 0 Å². The Balaban J connectivity index is 0.000000461. The molecule has 0 aliphatic carbocycles. The molecule has 2 aromatic heterocycles. The lowest BCUT2D eigenvalue weighted by atomic mass is 10.2. The van der Waals surface area contributed by atoms with Crippen LogP contribution in [0, 0.1) is 6.92 Å². The molecule has 2 heterocycles. The van der Waals surface area contributed by atoms with Gasteiger partial charge in [-0.3, -0.25) is 9.20 Å². The zero-order valence-corrected chi connectivity index (χ0v) is 8.23. The minimum Gasteiger partial charge on any atom is -0.284 e. The van der Waals surface area contributed by atoms with Gasteiger partial charge in [0.05, 0.1) is 0 Å². The quantitative estimate of drug-likeness (QED) is 0.580. The average molecular weight is 187 g/mol. The summed E-state index contributed by atoms with van der Waals surface area (Å²) < 4.78 is 1.65. The fourth-order valence-corrected chi connectivity index (χ4v) is 1.25. The number of fused-ring (bicyclic) bond motifs is 1. The molecule has 0 amide bonds. The van der Waals surface area contributed by atoms with Gasteiger partial charge in [0.1, 0.15) is 0 Å². The minimum atomic E-state index is 0.0631. The standard InChI is InChI=1S/C10H9NO.C2H4/c1-8-5-6-9-4-2-3-7-11(9)10(8)12;1-2/h2-7H,1H3;1-2H2. The molecular formula is C12H13NO. The first-order valence-electron chi connectivity index (χ1n) is 4.36. The van der Waals surface area contributed by atoms with Crippen LogP contribution in [0.1, 0.15) is 5.56 Å². The van der Waals surface area contributed by atoms with Crippen LogP contribution in [-0.4, -0.2) is 4.40 Å². The molecule has 2 aromatic rings. The van der Waals surface area contributed by atoms with E-state index in [1.807, 2.05) is 37.3 Å². The normalized spacial score (nSPS) is 9.21. The van der Waals surface area contributed by atoms with Gasteiger partial charge in [-0.15, -0.1) is 13.2 Å².